The van der Waals surface area contributed by atoms with E-state index in [2.05, 4.69) is 29.0 Å². The average Bonchev–Trinajstić information content (AvgIpc) is 2.19. The third-order valence-corrected chi connectivity index (χ3v) is 0.612. The summed E-state index contributed by atoms with van der Waals surface area (Å²) < 4.78 is 1.40. The Morgan fingerprint density at radius 1 is 1.62 bits per heavy atom. The minimum absolute atomic E-state index is 1.40. The van der Waals surface area contributed by atoms with Crippen LogP contribution in [0.25, 0.3) is 0 Å². The van der Waals surface area contributed by atoms with E-state index < -0.39 is 0 Å². The second-order valence-electron chi connectivity index (χ2n) is 1.13. The molecule has 0 aliphatic heterocycles. The zero-order valence-corrected chi connectivity index (χ0v) is 4.20. The lowest BCUT2D eigenvalue weighted by Gasteiger charge is -1.75. The molecule has 3 heteroatoms. The quantitative estimate of drug-likeness (QED) is 0.433. The fourth-order valence-electron chi connectivity index (χ4n) is 0.347. The van der Waals surface area contributed by atoms with Gasteiger partial charge in [-0.2, -0.15) is 4.68 Å². The Labute approximate surface area is 47.4 Å². The topological polar surface area (TPSA) is 30.7 Å². The summed E-state index contributed by atoms with van der Waals surface area (Å²) in [7, 11) is 0. The van der Waals surface area contributed by atoms with Crippen molar-refractivity contribution in [3.8, 4) is 12.0 Å². The van der Waals surface area contributed by atoms with Crippen molar-refractivity contribution in [2.45, 2.75) is 0 Å². The van der Waals surface area contributed by atoms with Crippen LogP contribution in [0, 0.1) is 18.9 Å². The Morgan fingerprint density at radius 2 is 2.50 bits per heavy atom. The summed E-state index contributed by atoms with van der Waals surface area (Å²) in [5.74, 6) is 2.43. The summed E-state index contributed by atoms with van der Waals surface area (Å²) in [5, 5.41) is 3.70. The van der Waals surface area contributed by atoms with Gasteiger partial charge in [-0.05, 0) is 0 Å². The molecule has 0 aromatic carbocycles. The zero-order valence-electron chi connectivity index (χ0n) is 4.20. The molecule has 0 atom stereocenters. The monoisotopic (exact) mass is 106 g/mol. The molecular weight excluding hydrogens is 102 g/mol. The van der Waals surface area contributed by atoms with Gasteiger partial charge in [0.25, 0.3) is 0 Å². The first-order valence-electron chi connectivity index (χ1n) is 2.06. The first-order chi connectivity index (χ1) is 3.93. The van der Waals surface area contributed by atoms with Crippen molar-refractivity contribution in [3.05, 3.63) is 19.6 Å². The number of hydrogen-bond donors (Lipinski definition) is 0. The molecule has 0 unspecified atom stereocenters. The van der Waals surface area contributed by atoms with Crippen LogP contribution in [0.15, 0.2) is 12.7 Å². The number of aromatic nitrogens is 3. The molecule has 0 aliphatic carbocycles. The van der Waals surface area contributed by atoms with Crippen LogP contribution in [0.1, 0.15) is 0 Å². The highest BCUT2D eigenvalue weighted by molar-refractivity contribution is 5.01. The van der Waals surface area contributed by atoms with Gasteiger partial charge in [-0.25, -0.2) is 4.98 Å². The standard InChI is InChI=1S/C5H4N3/c1-2-3-8-5-6-4-7-8/h4-5H,1H2. The van der Waals surface area contributed by atoms with E-state index >= 15 is 0 Å². The maximum absolute atomic E-state index is 3.70. The van der Waals surface area contributed by atoms with Gasteiger partial charge in [0.1, 0.15) is 12.7 Å². The van der Waals surface area contributed by atoms with Crippen LogP contribution in [0.3, 0.4) is 0 Å². The highest BCUT2D eigenvalue weighted by Crippen LogP contribution is 1.69. The van der Waals surface area contributed by atoms with Gasteiger partial charge in [-0.15, -0.1) is 5.10 Å². The van der Waals surface area contributed by atoms with E-state index in [9.17, 15) is 0 Å². The molecule has 0 fully saturated rings. The fourth-order valence-corrected chi connectivity index (χ4v) is 0.347. The normalized spacial score (nSPS) is 7.62. The fraction of sp³-hybridized carbons (Fsp3) is 0. The number of hydrogen-bond acceptors (Lipinski definition) is 2. The van der Waals surface area contributed by atoms with E-state index in [4.69, 9.17) is 0 Å². The molecule has 8 heavy (non-hydrogen) atoms. The van der Waals surface area contributed by atoms with E-state index in [1.54, 1.807) is 0 Å². The molecule has 1 radical (unpaired) electrons. The molecule has 1 rings (SSSR count). The second kappa shape index (κ2) is 2.12. The third kappa shape index (κ3) is 0.850. The first-order valence-corrected chi connectivity index (χ1v) is 2.06. The smallest absolute Gasteiger partial charge is 0.138 e. The summed E-state index contributed by atoms with van der Waals surface area (Å²) in [5.41, 5.74) is 0. The summed E-state index contributed by atoms with van der Waals surface area (Å²) >= 11 is 0. The van der Waals surface area contributed by atoms with Crippen LogP contribution in [-0.2, 0) is 0 Å². The Hall–Kier alpha value is -1.30. The largest absolute Gasteiger partial charge is 0.222 e. The molecule has 0 amide bonds. The van der Waals surface area contributed by atoms with Crippen molar-refractivity contribution in [1.29, 1.82) is 0 Å². The highest BCUT2D eigenvalue weighted by atomic mass is 15.3. The molecule has 1 heterocycles. The van der Waals surface area contributed by atoms with Crippen molar-refractivity contribution >= 4 is 0 Å². The minimum atomic E-state index is 1.40. The molecule has 0 saturated heterocycles. The Bertz CT molecular complexity index is 201. The van der Waals surface area contributed by atoms with Crippen molar-refractivity contribution in [2.75, 3.05) is 0 Å². The molecule has 0 bridgehead atoms. The maximum Gasteiger partial charge on any atom is 0.138 e. The van der Waals surface area contributed by atoms with E-state index in [1.165, 1.54) is 17.3 Å². The first kappa shape index (κ1) is 4.85. The predicted octanol–water partition coefficient (Wildman–Crippen LogP) is -0.0788. The Kier molecular flexibility index (Phi) is 1.29. The van der Waals surface area contributed by atoms with E-state index in [0.29, 0.717) is 0 Å². The molecule has 3 nitrogen and oxygen atoms in total. The average molecular weight is 106 g/mol. The predicted molar refractivity (Wildman–Crippen MR) is 28.6 cm³/mol. The molecule has 1 aromatic rings. The van der Waals surface area contributed by atoms with Crippen molar-refractivity contribution in [2.24, 2.45) is 0 Å². The van der Waals surface area contributed by atoms with Crippen molar-refractivity contribution in [1.82, 2.24) is 14.8 Å². The van der Waals surface area contributed by atoms with Gasteiger partial charge >= 0.3 is 0 Å². The third-order valence-electron chi connectivity index (χ3n) is 0.612. The molecule has 1 aromatic heterocycles. The minimum Gasteiger partial charge on any atom is -0.222 e. The van der Waals surface area contributed by atoms with E-state index in [1.807, 2.05) is 0 Å². The van der Waals surface area contributed by atoms with Crippen molar-refractivity contribution < 1.29 is 0 Å². The number of nitrogens with zero attached hydrogens (tertiary/aromatic N) is 3. The van der Waals surface area contributed by atoms with Crippen LogP contribution in [0.5, 0.6) is 0 Å². The van der Waals surface area contributed by atoms with Gasteiger partial charge in [-0.1, -0.05) is 5.92 Å². The summed E-state index contributed by atoms with van der Waals surface area (Å²) in [4.78, 5) is 3.66. The van der Waals surface area contributed by atoms with Gasteiger partial charge in [-0.3, -0.25) is 0 Å². The molecule has 0 saturated carbocycles. The Balaban J connectivity index is 2.88. The van der Waals surface area contributed by atoms with Crippen molar-refractivity contribution in [3.63, 3.8) is 0 Å². The number of rotatable bonds is 0. The van der Waals surface area contributed by atoms with Crippen LogP contribution in [0.4, 0.5) is 0 Å². The van der Waals surface area contributed by atoms with E-state index in [0.717, 1.165) is 0 Å². The lowest BCUT2D eigenvalue weighted by molar-refractivity contribution is 0.915. The molecule has 0 aliphatic rings. The molecule has 0 N–H and O–H groups in total. The summed E-state index contributed by atoms with van der Waals surface area (Å²) in [6, 6.07) is 2.57. The van der Waals surface area contributed by atoms with Gasteiger partial charge in [0.2, 0.25) is 0 Å². The van der Waals surface area contributed by atoms with Gasteiger partial charge in [0, 0.05) is 13.0 Å². The maximum atomic E-state index is 3.70. The van der Waals surface area contributed by atoms with Crippen LogP contribution in [0.2, 0.25) is 0 Å². The summed E-state index contributed by atoms with van der Waals surface area (Å²) in [6.07, 6.45) is 2.93. The second-order valence-corrected chi connectivity index (χ2v) is 1.13. The highest BCUT2D eigenvalue weighted by Gasteiger charge is 1.76. The van der Waals surface area contributed by atoms with Crippen LogP contribution >= 0.6 is 0 Å². The summed E-state index contributed by atoms with van der Waals surface area (Å²) in [6.45, 7) is 3.31. The molecular formula is C5H4N3. The molecule has 39 valence electrons. The van der Waals surface area contributed by atoms with E-state index in [-0.39, 0.29) is 0 Å². The van der Waals surface area contributed by atoms with Crippen LogP contribution < -0.4 is 0 Å². The van der Waals surface area contributed by atoms with Gasteiger partial charge < -0.3 is 0 Å². The van der Waals surface area contributed by atoms with Gasteiger partial charge in [0.15, 0.2) is 0 Å². The van der Waals surface area contributed by atoms with Gasteiger partial charge in [0.05, 0.1) is 0 Å². The van der Waals surface area contributed by atoms with Crippen LogP contribution in [-0.4, -0.2) is 14.8 Å². The lowest BCUT2D eigenvalue weighted by atomic mass is 10.8. The zero-order chi connectivity index (χ0) is 5.82. The molecule has 0 spiro atoms. The lowest BCUT2D eigenvalue weighted by Crippen LogP contribution is -1.85. The Morgan fingerprint density at radius 3 is 3.00 bits per heavy atom. The SMILES string of the molecule is [CH2]C#Cn1cncn1.